The minimum Gasteiger partial charge on any atom is -0.490 e. The minimum absolute atomic E-state index is 0.0300. The van der Waals surface area contributed by atoms with Crippen LogP contribution in [0.4, 0.5) is 10.1 Å². The molecule has 0 aliphatic rings. The molecule has 0 heterocycles. The number of nitrogens with zero attached hydrogens (tertiary/aromatic N) is 1. The summed E-state index contributed by atoms with van der Waals surface area (Å²) >= 11 is 2.11. The summed E-state index contributed by atoms with van der Waals surface area (Å²) in [5, 5.41) is 12.4. The Kier molecular flexibility index (Phi) is 9.05. The van der Waals surface area contributed by atoms with Gasteiger partial charge in [0.25, 0.3) is 5.91 Å². The van der Waals surface area contributed by atoms with Crippen LogP contribution < -0.4 is 14.8 Å². The molecule has 3 aromatic carbocycles. The molecule has 1 N–H and O–H groups in total. The van der Waals surface area contributed by atoms with Crippen LogP contribution in [-0.2, 0) is 17.8 Å². The molecular weight excluding hydrogens is 546 g/mol. The van der Waals surface area contributed by atoms with Gasteiger partial charge >= 0.3 is 0 Å². The predicted octanol–water partition coefficient (Wildman–Crippen LogP) is 6.52. The Hall–Kier alpha value is -3.38. The fourth-order valence-electron chi connectivity index (χ4n) is 3.31. The van der Waals surface area contributed by atoms with Crippen molar-refractivity contribution in [3.05, 3.63) is 92.3 Å². The molecule has 7 heteroatoms. The van der Waals surface area contributed by atoms with Gasteiger partial charge in [0.05, 0.1) is 10.2 Å². The highest BCUT2D eigenvalue weighted by molar-refractivity contribution is 14.1. The smallest absolute Gasteiger partial charge is 0.266 e. The summed E-state index contributed by atoms with van der Waals surface area (Å²) in [7, 11) is 0. The van der Waals surface area contributed by atoms with E-state index >= 15 is 0 Å². The summed E-state index contributed by atoms with van der Waals surface area (Å²) in [6, 6.07) is 19.2. The highest BCUT2D eigenvalue weighted by atomic mass is 127. The number of nitriles is 1. The van der Waals surface area contributed by atoms with Crippen molar-refractivity contribution >= 4 is 40.3 Å². The summed E-state index contributed by atoms with van der Waals surface area (Å²) < 4.78 is 25.9. The summed E-state index contributed by atoms with van der Waals surface area (Å²) in [4.78, 5) is 12.8. The lowest BCUT2D eigenvalue weighted by Gasteiger charge is -2.15. The number of aryl methyl sites for hydroxylation is 1. The van der Waals surface area contributed by atoms with Crippen molar-refractivity contribution in [2.24, 2.45) is 0 Å². The minimum atomic E-state index is -0.484. The normalized spacial score (nSPS) is 11.0. The molecule has 5 nitrogen and oxygen atoms in total. The first-order valence-electron chi connectivity index (χ1n) is 10.8. The van der Waals surface area contributed by atoms with Crippen LogP contribution in [0.2, 0.25) is 0 Å². The Morgan fingerprint density at radius 3 is 2.62 bits per heavy atom. The van der Waals surface area contributed by atoms with Gasteiger partial charge < -0.3 is 14.8 Å². The van der Waals surface area contributed by atoms with Crippen molar-refractivity contribution in [1.29, 1.82) is 5.26 Å². The molecule has 0 saturated carbocycles. The summed E-state index contributed by atoms with van der Waals surface area (Å²) in [5.74, 6) is 0.183. The van der Waals surface area contributed by atoms with Crippen LogP contribution >= 0.6 is 22.6 Å². The standard InChI is InChI=1S/C27H24FIN2O3/c1-3-20-9-5-6-11-24(20)31-27(32)21(16-30)12-19-14-23(29)26(25(15-19)33-4-2)34-17-18-8-7-10-22(28)13-18/h5-15H,3-4,17H2,1-2H3,(H,31,32)/b21-12+. The van der Waals surface area contributed by atoms with Crippen LogP contribution in [0.25, 0.3) is 6.08 Å². The van der Waals surface area contributed by atoms with E-state index in [-0.39, 0.29) is 18.0 Å². The van der Waals surface area contributed by atoms with Gasteiger partial charge in [-0.25, -0.2) is 4.39 Å². The SMILES string of the molecule is CCOc1cc(/C=C(\C#N)C(=O)Nc2ccccc2CC)cc(I)c1OCc1cccc(F)c1. The fraction of sp³-hybridized carbons (Fsp3) is 0.185. The molecule has 0 spiro atoms. The van der Waals surface area contributed by atoms with Gasteiger partial charge in [-0.05, 0) is 89.0 Å². The highest BCUT2D eigenvalue weighted by Gasteiger charge is 2.15. The Bertz CT molecular complexity index is 1250. The fourth-order valence-corrected chi connectivity index (χ4v) is 4.09. The number of para-hydroxylation sites is 1. The van der Waals surface area contributed by atoms with E-state index in [1.807, 2.05) is 44.2 Å². The zero-order chi connectivity index (χ0) is 24.5. The third-order valence-corrected chi connectivity index (χ3v) is 5.73. The van der Waals surface area contributed by atoms with Crippen molar-refractivity contribution in [2.75, 3.05) is 11.9 Å². The quantitative estimate of drug-likeness (QED) is 0.181. The number of halogens is 2. The van der Waals surface area contributed by atoms with Crippen LogP contribution in [0, 0.1) is 20.7 Å². The number of amides is 1. The summed E-state index contributed by atoms with van der Waals surface area (Å²) in [5.41, 5.74) is 2.96. The van der Waals surface area contributed by atoms with Gasteiger partial charge in [0.2, 0.25) is 0 Å². The molecule has 0 bridgehead atoms. The van der Waals surface area contributed by atoms with Gasteiger partial charge in [-0.15, -0.1) is 0 Å². The van der Waals surface area contributed by atoms with E-state index in [1.165, 1.54) is 18.2 Å². The second-order valence-electron chi connectivity index (χ2n) is 7.32. The van der Waals surface area contributed by atoms with E-state index in [0.717, 1.165) is 15.6 Å². The van der Waals surface area contributed by atoms with E-state index in [0.29, 0.717) is 34.9 Å². The van der Waals surface area contributed by atoms with E-state index < -0.39 is 5.91 Å². The van der Waals surface area contributed by atoms with Gasteiger partial charge in [0, 0.05) is 5.69 Å². The highest BCUT2D eigenvalue weighted by Crippen LogP contribution is 2.35. The van der Waals surface area contributed by atoms with Gasteiger partial charge in [-0.1, -0.05) is 37.3 Å². The zero-order valence-corrected chi connectivity index (χ0v) is 21.1. The van der Waals surface area contributed by atoms with Crippen LogP contribution in [-0.4, -0.2) is 12.5 Å². The Morgan fingerprint density at radius 1 is 1.12 bits per heavy atom. The Balaban J connectivity index is 1.86. The molecule has 0 aliphatic carbocycles. The van der Waals surface area contributed by atoms with Crippen LogP contribution in [0.5, 0.6) is 11.5 Å². The first-order valence-corrected chi connectivity index (χ1v) is 11.9. The monoisotopic (exact) mass is 570 g/mol. The first kappa shape index (κ1) is 25.2. The molecule has 1 amide bonds. The lowest BCUT2D eigenvalue weighted by Crippen LogP contribution is -2.14. The number of nitrogens with one attached hydrogen (secondary N) is 1. The maximum Gasteiger partial charge on any atom is 0.266 e. The number of ether oxygens (including phenoxy) is 2. The van der Waals surface area contributed by atoms with Crippen molar-refractivity contribution in [3.63, 3.8) is 0 Å². The molecule has 0 saturated heterocycles. The molecular formula is C27H24FIN2O3. The third-order valence-electron chi connectivity index (χ3n) is 4.93. The van der Waals surface area contributed by atoms with Crippen LogP contribution in [0.1, 0.15) is 30.5 Å². The lowest BCUT2D eigenvalue weighted by atomic mass is 10.1. The second kappa shape index (κ2) is 12.2. The lowest BCUT2D eigenvalue weighted by molar-refractivity contribution is -0.112. The average molecular weight is 570 g/mol. The zero-order valence-electron chi connectivity index (χ0n) is 18.9. The van der Waals surface area contributed by atoms with E-state index in [9.17, 15) is 14.4 Å². The van der Waals surface area contributed by atoms with E-state index in [4.69, 9.17) is 9.47 Å². The van der Waals surface area contributed by atoms with Gasteiger partial charge in [0.15, 0.2) is 11.5 Å². The molecule has 0 unspecified atom stereocenters. The van der Waals surface area contributed by atoms with Crippen molar-refractivity contribution in [2.45, 2.75) is 26.9 Å². The van der Waals surface area contributed by atoms with Gasteiger partial charge in [-0.2, -0.15) is 5.26 Å². The molecule has 0 aromatic heterocycles. The topological polar surface area (TPSA) is 71.3 Å². The molecule has 0 radical (unpaired) electrons. The number of benzene rings is 3. The largest absolute Gasteiger partial charge is 0.490 e. The number of hydrogen-bond donors (Lipinski definition) is 1. The number of carbonyl (C=O) groups is 1. The molecule has 0 atom stereocenters. The van der Waals surface area contributed by atoms with Crippen molar-refractivity contribution in [3.8, 4) is 17.6 Å². The molecule has 3 rings (SSSR count). The van der Waals surface area contributed by atoms with Crippen molar-refractivity contribution in [1.82, 2.24) is 0 Å². The third kappa shape index (κ3) is 6.58. The average Bonchev–Trinajstić information content (AvgIpc) is 2.82. The molecule has 0 fully saturated rings. The first-order chi connectivity index (χ1) is 16.4. The van der Waals surface area contributed by atoms with Crippen LogP contribution in [0.3, 0.4) is 0 Å². The van der Waals surface area contributed by atoms with Gasteiger partial charge in [-0.3, -0.25) is 4.79 Å². The van der Waals surface area contributed by atoms with E-state index in [1.54, 1.807) is 24.3 Å². The predicted molar refractivity (Wildman–Crippen MR) is 139 cm³/mol. The number of carbonyl (C=O) groups excluding carboxylic acids is 1. The second-order valence-corrected chi connectivity index (χ2v) is 8.48. The van der Waals surface area contributed by atoms with E-state index in [2.05, 4.69) is 27.9 Å². The summed E-state index contributed by atoms with van der Waals surface area (Å²) in [6.07, 6.45) is 2.28. The molecule has 0 aliphatic heterocycles. The number of rotatable bonds is 9. The van der Waals surface area contributed by atoms with Crippen LogP contribution in [0.15, 0.2) is 66.2 Å². The molecule has 174 valence electrons. The Morgan fingerprint density at radius 2 is 1.91 bits per heavy atom. The maximum atomic E-state index is 13.5. The number of hydrogen-bond acceptors (Lipinski definition) is 4. The number of anilines is 1. The van der Waals surface area contributed by atoms with Crippen molar-refractivity contribution < 1.29 is 18.7 Å². The molecule has 3 aromatic rings. The van der Waals surface area contributed by atoms with Gasteiger partial charge in [0.1, 0.15) is 24.1 Å². The Labute approximate surface area is 212 Å². The molecule has 34 heavy (non-hydrogen) atoms. The maximum absolute atomic E-state index is 13.5. The summed E-state index contributed by atoms with van der Waals surface area (Å²) in [6.45, 7) is 4.43.